The molecule has 98 valence electrons. The number of ether oxygens (including phenoxy) is 1. The summed E-state index contributed by atoms with van der Waals surface area (Å²) in [6.07, 6.45) is 0. The van der Waals surface area contributed by atoms with Gasteiger partial charge in [-0.15, -0.1) is 0 Å². The van der Waals surface area contributed by atoms with E-state index in [1.165, 1.54) is 0 Å². The van der Waals surface area contributed by atoms with Gasteiger partial charge in [-0.1, -0.05) is 50.1 Å². The lowest BCUT2D eigenvalue weighted by Crippen LogP contribution is -2.13. The van der Waals surface area contributed by atoms with Crippen LogP contribution in [0.1, 0.15) is 11.1 Å². The third-order valence-electron chi connectivity index (χ3n) is 2.57. The average Bonchev–Trinajstić information content (AvgIpc) is 2.38. The Morgan fingerprint density at radius 2 is 1.89 bits per heavy atom. The summed E-state index contributed by atoms with van der Waals surface area (Å²) >= 11 is 6.83. The van der Waals surface area contributed by atoms with Crippen molar-refractivity contribution in [1.29, 1.82) is 5.41 Å². The number of nitrogens with two attached hydrogens (primary N) is 1. The first kappa shape index (κ1) is 14.1. The van der Waals surface area contributed by atoms with E-state index in [0.29, 0.717) is 17.9 Å². The molecule has 0 spiro atoms. The van der Waals surface area contributed by atoms with Crippen LogP contribution in [0.2, 0.25) is 0 Å². The number of benzene rings is 2. The fourth-order valence-electron chi connectivity index (χ4n) is 1.61. The third kappa shape index (κ3) is 3.58. The van der Waals surface area contributed by atoms with Crippen molar-refractivity contribution in [1.82, 2.24) is 0 Å². The molecule has 2 aromatic rings. The fourth-order valence-corrected chi connectivity index (χ4v) is 2.37. The fraction of sp³-hybridized carbons (Fsp3) is 0.0714. The second-order valence-electron chi connectivity index (χ2n) is 3.93. The molecule has 0 unspecified atom stereocenters. The van der Waals surface area contributed by atoms with Crippen LogP contribution in [-0.4, -0.2) is 5.84 Å². The van der Waals surface area contributed by atoms with E-state index in [1.54, 1.807) is 12.1 Å². The highest BCUT2D eigenvalue weighted by Crippen LogP contribution is 2.25. The molecule has 0 fully saturated rings. The van der Waals surface area contributed by atoms with E-state index in [2.05, 4.69) is 31.9 Å². The molecule has 2 rings (SSSR count). The summed E-state index contributed by atoms with van der Waals surface area (Å²) in [5.74, 6) is 0.592. The van der Waals surface area contributed by atoms with Crippen molar-refractivity contribution in [3.63, 3.8) is 0 Å². The van der Waals surface area contributed by atoms with Gasteiger partial charge in [0.2, 0.25) is 0 Å². The highest BCUT2D eigenvalue weighted by molar-refractivity contribution is 9.10. The van der Waals surface area contributed by atoms with Crippen molar-refractivity contribution in [3.05, 3.63) is 62.5 Å². The molecule has 0 bridgehead atoms. The van der Waals surface area contributed by atoms with E-state index >= 15 is 0 Å². The van der Waals surface area contributed by atoms with Crippen molar-refractivity contribution >= 4 is 37.7 Å². The minimum atomic E-state index is -0.0107. The molecule has 0 aliphatic rings. The Kier molecular flexibility index (Phi) is 4.61. The van der Waals surface area contributed by atoms with Crippen LogP contribution >= 0.6 is 31.9 Å². The molecule has 0 amide bonds. The molecule has 0 heterocycles. The van der Waals surface area contributed by atoms with Gasteiger partial charge in [0.15, 0.2) is 0 Å². The summed E-state index contributed by atoms with van der Waals surface area (Å²) in [6, 6.07) is 13.3. The highest BCUT2D eigenvalue weighted by atomic mass is 79.9. The molecular formula is C14H12Br2N2O. The molecule has 0 aliphatic heterocycles. The number of nitrogens with one attached hydrogen (secondary N) is 1. The predicted octanol–water partition coefficient (Wildman–Crippen LogP) is 4.07. The van der Waals surface area contributed by atoms with Gasteiger partial charge in [0, 0.05) is 14.5 Å². The first-order valence-electron chi connectivity index (χ1n) is 5.58. The third-order valence-corrected chi connectivity index (χ3v) is 3.84. The Hall–Kier alpha value is -1.33. The van der Waals surface area contributed by atoms with Gasteiger partial charge in [-0.05, 0) is 24.3 Å². The zero-order valence-corrected chi connectivity index (χ0v) is 13.2. The summed E-state index contributed by atoms with van der Waals surface area (Å²) < 4.78 is 7.61. The zero-order valence-electron chi connectivity index (χ0n) is 9.99. The number of hydrogen-bond donors (Lipinski definition) is 2. The summed E-state index contributed by atoms with van der Waals surface area (Å²) in [5.41, 5.74) is 7.18. The second-order valence-corrected chi connectivity index (χ2v) is 5.70. The van der Waals surface area contributed by atoms with Crippen LogP contribution in [0.15, 0.2) is 51.4 Å². The van der Waals surface area contributed by atoms with Crippen LogP contribution in [0.3, 0.4) is 0 Å². The van der Waals surface area contributed by atoms with Crippen LogP contribution in [-0.2, 0) is 6.61 Å². The quantitative estimate of drug-likeness (QED) is 0.617. The number of amidine groups is 1. The van der Waals surface area contributed by atoms with Crippen molar-refractivity contribution in [3.8, 4) is 5.75 Å². The van der Waals surface area contributed by atoms with Gasteiger partial charge in [-0.25, -0.2) is 0 Å². The van der Waals surface area contributed by atoms with Gasteiger partial charge in [0.05, 0.1) is 5.56 Å². The van der Waals surface area contributed by atoms with E-state index in [4.69, 9.17) is 15.9 Å². The lowest BCUT2D eigenvalue weighted by molar-refractivity contribution is 0.305. The van der Waals surface area contributed by atoms with Crippen LogP contribution in [0.25, 0.3) is 0 Å². The van der Waals surface area contributed by atoms with Crippen molar-refractivity contribution in [2.24, 2.45) is 5.73 Å². The van der Waals surface area contributed by atoms with Gasteiger partial charge in [-0.3, -0.25) is 5.41 Å². The molecule has 5 heteroatoms. The molecule has 0 radical (unpaired) electrons. The topological polar surface area (TPSA) is 59.1 Å². The number of rotatable bonds is 4. The Bertz CT molecular complexity index is 614. The van der Waals surface area contributed by atoms with Gasteiger partial charge >= 0.3 is 0 Å². The normalized spacial score (nSPS) is 10.2. The highest BCUT2D eigenvalue weighted by Gasteiger charge is 2.08. The maximum absolute atomic E-state index is 7.57. The smallest absolute Gasteiger partial charge is 0.130 e. The van der Waals surface area contributed by atoms with E-state index in [1.807, 2.05) is 30.3 Å². The average molecular weight is 384 g/mol. The SMILES string of the molecule is N=C(N)c1cc(Br)ccc1OCc1ccccc1Br. The standard InChI is InChI=1S/C14H12Br2N2O/c15-10-5-6-13(11(7-10)14(17)18)19-8-9-3-1-2-4-12(9)16/h1-7H,8H2,(H3,17,18). The van der Waals surface area contributed by atoms with Crippen LogP contribution in [0.4, 0.5) is 0 Å². The first-order valence-corrected chi connectivity index (χ1v) is 7.16. The zero-order chi connectivity index (χ0) is 13.8. The maximum atomic E-state index is 7.57. The summed E-state index contributed by atoms with van der Waals surface area (Å²) in [4.78, 5) is 0. The summed E-state index contributed by atoms with van der Waals surface area (Å²) in [6.45, 7) is 0.420. The summed E-state index contributed by atoms with van der Waals surface area (Å²) in [5, 5.41) is 7.57. The second kappa shape index (κ2) is 6.21. The molecule has 3 nitrogen and oxygen atoms in total. The number of hydrogen-bond acceptors (Lipinski definition) is 2. The van der Waals surface area contributed by atoms with Crippen molar-refractivity contribution in [2.75, 3.05) is 0 Å². The molecule has 0 saturated heterocycles. The van der Waals surface area contributed by atoms with Crippen LogP contribution in [0, 0.1) is 5.41 Å². The molecule has 19 heavy (non-hydrogen) atoms. The van der Waals surface area contributed by atoms with Gasteiger partial charge in [0.25, 0.3) is 0 Å². The molecule has 0 saturated carbocycles. The van der Waals surface area contributed by atoms with E-state index in [0.717, 1.165) is 14.5 Å². The minimum absolute atomic E-state index is 0.0107. The van der Waals surface area contributed by atoms with Crippen molar-refractivity contribution < 1.29 is 4.74 Å². The molecule has 2 aromatic carbocycles. The molecule has 0 aliphatic carbocycles. The van der Waals surface area contributed by atoms with Crippen LogP contribution < -0.4 is 10.5 Å². The number of nitrogen functional groups attached to an aromatic ring is 1. The van der Waals surface area contributed by atoms with E-state index in [9.17, 15) is 0 Å². The predicted molar refractivity (Wildman–Crippen MR) is 83.6 cm³/mol. The Morgan fingerprint density at radius 1 is 1.16 bits per heavy atom. The van der Waals surface area contributed by atoms with Gasteiger partial charge in [-0.2, -0.15) is 0 Å². The molecule has 0 atom stereocenters. The molecular weight excluding hydrogens is 372 g/mol. The Balaban J connectivity index is 2.20. The molecule has 3 N–H and O–H groups in total. The minimum Gasteiger partial charge on any atom is -0.488 e. The molecule has 0 aromatic heterocycles. The summed E-state index contributed by atoms with van der Waals surface area (Å²) in [7, 11) is 0. The largest absolute Gasteiger partial charge is 0.488 e. The lowest BCUT2D eigenvalue weighted by atomic mass is 10.2. The van der Waals surface area contributed by atoms with E-state index < -0.39 is 0 Å². The first-order chi connectivity index (χ1) is 9.08. The Labute approximate surface area is 128 Å². The Morgan fingerprint density at radius 3 is 2.58 bits per heavy atom. The lowest BCUT2D eigenvalue weighted by Gasteiger charge is -2.12. The number of halogens is 2. The van der Waals surface area contributed by atoms with Crippen LogP contribution in [0.5, 0.6) is 5.75 Å². The van der Waals surface area contributed by atoms with Gasteiger partial charge in [0.1, 0.15) is 18.2 Å². The van der Waals surface area contributed by atoms with Gasteiger partial charge < -0.3 is 10.5 Å². The monoisotopic (exact) mass is 382 g/mol. The van der Waals surface area contributed by atoms with Crippen molar-refractivity contribution in [2.45, 2.75) is 6.61 Å². The van der Waals surface area contributed by atoms with E-state index in [-0.39, 0.29) is 5.84 Å². The maximum Gasteiger partial charge on any atom is 0.130 e.